The van der Waals surface area contributed by atoms with Crippen molar-refractivity contribution in [1.82, 2.24) is 10.9 Å². The van der Waals surface area contributed by atoms with Gasteiger partial charge in [-0.2, -0.15) is 18.3 Å². The minimum Gasteiger partial charge on any atom is -0.493 e. The van der Waals surface area contributed by atoms with Crippen LogP contribution < -0.4 is 41.0 Å². The molecular weight excluding hydrogens is 547 g/mol. The van der Waals surface area contributed by atoms with Crippen molar-refractivity contribution in [3.05, 3.63) is 77.9 Å². The minimum atomic E-state index is -5.23. The molecule has 11 nitrogen and oxygen atoms in total. The number of anilines is 1. The number of hydrazine groups is 1. The molecule has 0 saturated heterocycles. The van der Waals surface area contributed by atoms with Gasteiger partial charge in [0.25, 0.3) is 5.91 Å². The van der Waals surface area contributed by atoms with Gasteiger partial charge in [-0.25, -0.2) is 4.79 Å². The Morgan fingerprint density at radius 3 is 2.20 bits per heavy atom. The molecule has 3 rings (SSSR count). The predicted molar refractivity (Wildman–Crippen MR) is 144 cm³/mol. The van der Waals surface area contributed by atoms with E-state index in [2.05, 4.69) is 26.1 Å². The van der Waals surface area contributed by atoms with Gasteiger partial charge >= 0.3 is 12.1 Å². The number of para-hydroxylation sites is 2. The lowest BCUT2D eigenvalue weighted by molar-refractivity contribution is -0.189. The molecule has 1 unspecified atom stereocenters. The Morgan fingerprint density at radius 1 is 0.927 bits per heavy atom. The summed E-state index contributed by atoms with van der Waals surface area (Å²) in [4.78, 5) is 24.8. The van der Waals surface area contributed by atoms with Gasteiger partial charge in [-0.3, -0.25) is 21.1 Å². The summed E-state index contributed by atoms with van der Waals surface area (Å²) in [5.41, 5.74) is 14.8. The van der Waals surface area contributed by atoms with Gasteiger partial charge in [-0.05, 0) is 37.3 Å². The van der Waals surface area contributed by atoms with E-state index in [0.717, 1.165) is 6.07 Å². The molecular formula is C27H28F3N5O6. The number of amides is 1. The summed E-state index contributed by atoms with van der Waals surface area (Å²) < 4.78 is 59.3. The Labute approximate surface area is 233 Å². The first-order valence-electron chi connectivity index (χ1n) is 12.1. The molecule has 14 heteroatoms. The Morgan fingerprint density at radius 2 is 1.56 bits per heavy atom. The summed E-state index contributed by atoms with van der Waals surface area (Å²) >= 11 is 0. The summed E-state index contributed by atoms with van der Waals surface area (Å²) in [5.74, 6) is -3.05. The Hall–Kier alpha value is -5.14. The Balaban J connectivity index is 2.00. The third kappa shape index (κ3) is 7.94. The fraction of sp³-hybridized carbons (Fsp3) is 0.222. The number of nitrogens with zero attached hydrogens (tertiary/aromatic N) is 1. The van der Waals surface area contributed by atoms with Crippen molar-refractivity contribution in [2.75, 3.05) is 26.3 Å². The number of alkyl halides is 3. The number of hydrogen-bond acceptors (Lipinski definition) is 9. The first-order valence-corrected chi connectivity index (χ1v) is 12.1. The number of carbonyl (C=O) groups is 2. The molecule has 1 atom stereocenters. The SMILES string of the molecule is CCOc1cc(OC)c(OC)cc1C(N/N=C(\N)c1ccccc1OC(=O)C(F)(F)F)C(=O)NNc1ccccc1. The van der Waals surface area contributed by atoms with Crippen LogP contribution in [0.1, 0.15) is 24.1 Å². The molecule has 0 aromatic heterocycles. The van der Waals surface area contributed by atoms with Crippen LogP contribution in [0.5, 0.6) is 23.0 Å². The molecule has 0 aliphatic rings. The third-order valence-corrected chi connectivity index (χ3v) is 5.40. The molecule has 5 N–H and O–H groups in total. The number of rotatable bonds is 12. The fourth-order valence-electron chi connectivity index (χ4n) is 3.50. The Bertz CT molecular complexity index is 1390. The molecule has 0 spiro atoms. The maximum absolute atomic E-state index is 13.4. The van der Waals surface area contributed by atoms with E-state index < -0.39 is 29.8 Å². The minimum absolute atomic E-state index is 0.128. The van der Waals surface area contributed by atoms with Gasteiger partial charge in [0.2, 0.25) is 0 Å². The molecule has 1 amide bonds. The zero-order chi connectivity index (χ0) is 30.0. The van der Waals surface area contributed by atoms with E-state index in [1.54, 1.807) is 37.3 Å². The second-order valence-corrected chi connectivity index (χ2v) is 8.10. The summed E-state index contributed by atoms with van der Waals surface area (Å²) in [6, 6.07) is 15.8. The lowest BCUT2D eigenvalue weighted by Gasteiger charge is -2.22. The van der Waals surface area contributed by atoms with E-state index in [-0.39, 0.29) is 35.1 Å². The second kappa shape index (κ2) is 13.8. The van der Waals surface area contributed by atoms with Gasteiger partial charge in [-0.1, -0.05) is 30.3 Å². The number of benzene rings is 3. The van der Waals surface area contributed by atoms with E-state index in [4.69, 9.17) is 19.9 Å². The van der Waals surface area contributed by atoms with Gasteiger partial charge in [0, 0.05) is 11.6 Å². The highest BCUT2D eigenvalue weighted by atomic mass is 19.4. The molecule has 0 radical (unpaired) electrons. The third-order valence-electron chi connectivity index (χ3n) is 5.40. The Kier molecular flexibility index (Phi) is 10.2. The van der Waals surface area contributed by atoms with E-state index in [0.29, 0.717) is 11.4 Å². The highest BCUT2D eigenvalue weighted by Crippen LogP contribution is 2.38. The van der Waals surface area contributed by atoms with Crippen molar-refractivity contribution >= 4 is 23.4 Å². The van der Waals surface area contributed by atoms with Crippen LogP contribution in [0.4, 0.5) is 18.9 Å². The highest BCUT2D eigenvalue weighted by molar-refractivity contribution is 6.00. The summed E-state index contributed by atoms with van der Waals surface area (Å²) in [6.07, 6.45) is -5.23. The summed E-state index contributed by atoms with van der Waals surface area (Å²) in [5, 5.41) is 4.03. The zero-order valence-electron chi connectivity index (χ0n) is 22.2. The number of amidine groups is 1. The number of ether oxygens (including phenoxy) is 4. The van der Waals surface area contributed by atoms with E-state index >= 15 is 0 Å². The number of hydrogen-bond donors (Lipinski definition) is 4. The molecule has 0 heterocycles. The normalized spacial score (nSPS) is 12.1. The number of nitrogens with one attached hydrogen (secondary N) is 3. The second-order valence-electron chi connectivity index (χ2n) is 8.10. The van der Waals surface area contributed by atoms with Crippen LogP contribution in [-0.2, 0) is 9.59 Å². The number of carbonyl (C=O) groups excluding carboxylic acids is 2. The number of esters is 1. The first kappa shape index (κ1) is 30.4. The van der Waals surface area contributed by atoms with Gasteiger partial charge in [-0.15, -0.1) is 0 Å². The van der Waals surface area contributed by atoms with Crippen molar-refractivity contribution in [2.24, 2.45) is 10.8 Å². The van der Waals surface area contributed by atoms with Gasteiger partial charge < -0.3 is 24.7 Å². The number of nitrogens with two attached hydrogens (primary N) is 1. The number of hydrazone groups is 1. The predicted octanol–water partition coefficient (Wildman–Crippen LogP) is 3.66. The van der Waals surface area contributed by atoms with Crippen LogP contribution in [0.25, 0.3) is 0 Å². The van der Waals surface area contributed by atoms with Gasteiger partial charge in [0.05, 0.1) is 32.1 Å². The van der Waals surface area contributed by atoms with Gasteiger partial charge in [0.15, 0.2) is 23.4 Å². The van der Waals surface area contributed by atoms with E-state index in [1.807, 2.05) is 0 Å². The molecule has 41 heavy (non-hydrogen) atoms. The van der Waals surface area contributed by atoms with Crippen molar-refractivity contribution in [3.63, 3.8) is 0 Å². The van der Waals surface area contributed by atoms with Crippen molar-refractivity contribution in [2.45, 2.75) is 19.1 Å². The fourth-order valence-corrected chi connectivity index (χ4v) is 3.50. The molecule has 0 aliphatic carbocycles. The van der Waals surface area contributed by atoms with Crippen LogP contribution in [0, 0.1) is 0 Å². The molecule has 0 bridgehead atoms. The topological polar surface area (TPSA) is 146 Å². The quantitative estimate of drug-likeness (QED) is 0.0836. The van der Waals surface area contributed by atoms with Crippen LogP contribution >= 0.6 is 0 Å². The molecule has 3 aromatic carbocycles. The van der Waals surface area contributed by atoms with E-state index in [1.165, 1.54) is 44.6 Å². The van der Waals surface area contributed by atoms with Gasteiger partial charge in [0.1, 0.15) is 11.5 Å². The monoisotopic (exact) mass is 575 g/mol. The molecule has 0 fully saturated rings. The molecule has 218 valence electrons. The first-order chi connectivity index (χ1) is 19.6. The number of methoxy groups -OCH3 is 2. The lowest BCUT2D eigenvalue weighted by atomic mass is 10.0. The summed E-state index contributed by atoms with van der Waals surface area (Å²) in [7, 11) is 2.85. The number of halogens is 3. The van der Waals surface area contributed by atoms with Crippen molar-refractivity contribution in [3.8, 4) is 23.0 Å². The smallest absolute Gasteiger partial charge is 0.491 e. The van der Waals surface area contributed by atoms with Crippen molar-refractivity contribution < 1.29 is 41.7 Å². The largest absolute Gasteiger partial charge is 0.493 e. The maximum Gasteiger partial charge on any atom is 0.491 e. The zero-order valence-corrected chi connectivity index (χ0v) is 22.2. The average Bonchev–Trinajstić information content (AvgIpc) is 2.96. The molecule has 3 aromatic rings. The van der Waals surface area contributed by atoms with Crippen LogP contribution in [0.2, 0.25) is 0 Å². The average molecular weight is 576 g/mol. The standard InChI is InChI=1S/C27H28F3N5O6/c1-4-40-20-15-22(39-3)21(38-2)14-18(20)23(25(36)35-32-16-10-6-5-7-11-16)33-34-24(31)17-12-8-9-13-19(17)41-26(37)27(28,29)30/h5-15,23,32-33H,4H2,1-3H3,(H2,31,34)(H,35,36). The summed E-state index contributed by atoms with van der Waals surface area (Å²) in [6.45, 7) is 1.98. The highest BCUT2D eigenvalue weighted by Gasteiger charge is 2.41. The lowest BCUT2D eigenvalue weighted by Crippen LogP contribution is -2.39. The van der Waals surface area contributed by atoms with Crippen LogP contribution in [0.15, 0.2) is 71.8 Å². The van der Waals surface area contributed by atoms with E-state index in [9.17, 15) is 22.8 Å². The van der Waals surface area contributed by atoms with Crippen LogP contribution in [0.3, 0.4) is 0 Å². The molecule has 0 aliphatic heterocycles. The molecule has 0 saturated carbocycles. The van der Waals surface area contributed by atoms with Crippen molar-refractivity contribution in [1.29, 1.82) is 0 Å². The maximum atomic E-state index is 13.4. The van der Waals surface area contributed by atoms with Crippen LogP contribution in [-0.4, -0.2) is 44.7 Å².